The van der Waals surface area contributed by atoms with Crippen molar-refractivity contribution in [1.29, 1.82) is 0 Å². The van der Waals surface area contributed by atoms with Gasteiger partial charge in [-0.3, -0.25) is 4.79 Å². The highest BCUT2D eigenvalue weighted by Crippen LogP contribution is 2.28. The highest BCUT2D eigenvalue weighted by Gasteiger charge is 2.17. The Morgan fingerprint density at radius 2 is 1.86 bits per heavy atom. The van der Waals surface area contributed by atoms with Gasteiger partial charge in [0.2, 0.25) is 5.91 Å². The number of nitrogens with zero attached hydrogens (tertiary/aromatic N) is 2. The molecular weight excluding hydrogens is 362 g/mol. The van der Waals surface area contributed by atoms with E-state index >= 15 is 0 Å². The van der Waals surface area contributed by atoms with Crippen molar-refractivity contribution in [2.75, 3.05) is 5.32 Å². The Hall–Kier alpha value is -3.47. The van der Waals surface area contributed by atoms with Crippen LogP contribution in [0.4, 0.5) is 5.82 Å². The van der Waals surface area contributed by atoms with Gasteiger partial charge in [-0.15, -0.1) is 0 Å². The number of aromatic hydroxyl groups is 1. The molecular formula is C24H23N3O2. The summed E-state index contributed by atoms with van der Waals surface area (Å²) in [6, 6.07) is 19.0. The Morgan fingerprint density at radius 1 is 1.07 bits per heavy atom. The van der Waals surface area contributed by atoms with Crippen LogP contribution in [-0.4, -0.2) is 21.0 Å². The second kappa shape index (κ2) is 7.87. The van der Waals surface area contributed by atoms with Crippen LogP contribution in [0.25, 0.3) is 21.8 Å². The molecule has 0 aliphatic rings. The van der Waals surface area contributed by atoms with Gasteiger partial charge in [0.25, 0.3) is 0 Å². The number of anilines is 1. The number of benzene rings is 3. The molecule has 2 N–H and O–H groups in total. The first kappa shape index (κ1) is 18.9. The molecule has 1 aromatic heterocycles. The van der Waals surface area contributed by atoms with Crippen LogP contribution < -0.4 is 5.32 Å². The lowest BCUT2D eigenvalue weighted by atomic mass is 10.1. The number of hydrogen-bond acceptors (Lipinski definition) is 4. The zero-order valence-electron chi connectivity index (χ0n) is 16.5. The number of carbonyl (C=O) groups is 1. The van der Waals surface area contributed by atoms with Gasteiger partial charge in [-0.2, -0.15) is 0 Å². The number of aromatic nitrogens is 2. The van der Waals surface area contributed by atoms with Gasteiger partial charge < -0.3 is 10.4 Å². The van der Waals surface area contributed by atoms with E-state index in [4.69, 9.17) is 9.97 Å². The first-order chi connectivity index (χ1) is 14.0. The summed E-state index contributed by atoms with van der Waals surface area (Å²) in [6.07, 6.45) is 1.32. The summed E-state index contributed by atoms with van der Waals surface area (Å²) in [4.78, 5) is 22.2. The number of amides is 1. The molecule has 0 spiro atoms. The minimum atomic E-state index is -0.100. The Bertz CT molecular complexity index is 1190. The van der Waals surface area contributed by atoms with E-state index in [1.54, 1.807) is 12.1 Å². The van der Waals surface area contributed by atoms with E-state index in [9.17, 15) is 9.90 Å². The molecule has 4 rings (SSSR count). The van der Waals surface area contributed by atoms with Gasteiger partial charge in [0.15, 0.2) is 5.82 Å². The topological polar surface area (TPSA) is 75.1 Å². The molecule has 0 bridgehead atoms. The van der Waals surface area contributed by atoms with Crippen molar-refractivity contribution in [1.82, 2.24) is 9.97 Å². The molecule has 29 heavy (non-hydrogen) atoms. The quantitative estimate of drug-likeness (QED) is 0.471. The van der Waals surface area contributed by atoms with Crippen LogP contribution in [0.1, 0.15) is 31.5 Å². The van der Waals surface area contributed by atoms with Crippen LogP contribution in [0.5, 0.6) is 5.75 Å². The second-order valence-electron chi connectivity index (χ2n) is 7.32. The Kier molecular flexibility index (Phi) is 5.12. The SMILES string of the molecule is CCC(C)C(=O)Nc1nc2ccc3cc(O)ccc3c2nc1Cc1ccccc1. The third kappa shape index (κ3) is 3.90. The molecule has 0 saturated carbocycles. The highest BCUT2D eigenvalue weighted by atomic mass is 16.3. The summed E-state index contributed by atoms with van der Waals surface area (Å²) >= 11 is 0. The summed E-state index contributed by atoms with van der Waals surface area (Å²) in [5, 5.41) is 14.6. The number of phenolic OH excluding ortho intramolecular Hbond substituents is 1. The van der Waals surface area contributed by atoms with Crippen LogP contribution in [0.3, 0.4) is 0 Å². The molecule has 0 radical (unpaired) electrons. The molecule has 0 saturated heterocycles. The fourth-order valence-electron chi connectivity index (χ4n) is 3.31. The van der Waals surface area contributed by atoms with Gasteiger partial charge in [0.1, 0.15) is 5.75 Å². The average molecular weight is 385 g/mol. The maximum absolute atomic E-state index is 12.5. The first-order valence-corrected chi connectivity index (χ1v) is 9.82. The van der Waals surface area contributed by atoms with Gasteiger partial charge in [-0.05, 0) is 41.6 Å². The summed E-state index contributed by atoms with van der Waals surface area (Å²) in [5.74, 6) is 0.564. The minimum absolute atomic E-state index is 0.0545. The normalized spacial score (nSPS) is 12.2. The average Bonchev–Trinajstić information content (AvgIpc) is 2.74. The van der Waals surface area contributed by atoms with Gasteiger partial charge in [0.05, 0.1) is 16.7 Å². The van der Waals surface area contributed by atoms with Crippen molar-refractivity contribution < 1.29 is 9.90 Å². The highest BCUT2D eigenvalue weighted by molar-refractivity contribution is 6.05. The number of nitrogens with one attached hydrogen (secondary N) is 1. The zero-order chi connectivity index (χ0) is 20.4. The van der Waals surface area contributed by atoms with E-state index < -0.39 is 0 Å². The smallest absolute Gasteiger partial charge is 0.228 e. The molecule has 146 valence electrons. The Balaban J connectivity index is 1.87. The number of rotatable bonds is 5. The van der Waals surface area contributed by atoms with Crippen molar-refractivity contribution in [3.05, 3.63) is 71.9 Å². The predicted octanol–water partition coefficient (Wildman–Crippen LogP) is 5.06. The number of hydrogen-bond donors (Lipinski definition) is 2. The monoisotopic (exact) mass is 385 g/mol. The van der Waals surface area contributed by atoms with Crippen molar-refractivity contribution >= 4 is 33.5 Å². The number of phenols is 1. The molecule has 1 amide bonds. The van der Waals surface area contributed by atoms with Crippen molar-refractivity contribution in [3.8, 4) is 5.75 Å². The van der Waals surface area contributed by atoms with Crippen LogP contribution in [0.2, 0.25) is 0 Å². The van der Waals surface area contributed by atoms with E-state index in [1.165, 1.54) is 0 Å². The lowest BCUT2D eigenvalue weighted by molar-refractivity contribution is -0.119. The van der Waals surface area contributed by atoms with E-state index in [0.717, 1.165) is 34.0 Å². The van der Waals surface area contributed by atoms with Crippen molar-refractivity contribution in [2.45, 2.75) is 26.7 Å². The summed E-state index contributed by atoms with van der Waals surface area (Å²) in [5.41, 5.74) is 3.29. The summed E-state index contributed by atoms with van der Waals surface area (Å²) in [6.45, 7) is 3.89. The standard InChI is InChI=1S/C24H23N3O2/c1-3-15(2)24(29)27-23-21(13-16-7-5-4-6-8-16)25-22-19-11-10-18(28)14-17(19)9-12-20(22)26-23/h4-12,14-15,28H,3,13H2,1-2H3,(H,26,27,29). The van der Waals surface area contributed by atoms with Crippen molar-refractivity contribution in [3.63, 3.8) is 0 Å². The molecule has 5 nitrogen and oxygen atoms in total. The van der Waals surface area contributed by atoms with Gasteiger partial charge >= 0.3 is 0 Å². The molecule has 4 aromatic rings. The summed E-state index contributed by atoms with van der Waals surface area (Å²) in [7, 11) is 0. The lowest BCUT2D eigenvalue weighted by Gasteiger charge is -2.14. The number of fused-ring (bicyclic) bond motifs is 3. The molecule has 3 aromatic carbocycles. The third-order valence-corrected chi connectivity index (χ3v) is 5.22. The maximum Gasteiger partial charge on any atom is 0.228 e. The lowest BCUT2D eigenvalue weighted by Crippen LogP contribution is -2.22. The van der Waals surface area contributed by atoms with E-state index in [1.807, 2.05) is 62.4 Å². The first-order valence-electron chi connectivity index (χ1n) is 9.82. The maximum atomic E-state index is 12.5. The molecule has 1 atom stereocenters. The Labute approximate surface area is 169 Å². The second-order valence-corrected chi connectivity index (χ2v) is 7.32. The minimum Gasteiger partial charge on any atom is -0.508 e. The molecule has 1 unspecified atom stereocenters. The van der Waals surface area contributed by atoms with Crippen LogP contribution >= 0.6 is 0 Å². The van der Waals surface area contributed by atoms with Crippen LogP contribution in [-0.2, 0) is 11.2 Å². The van der Waals surface area contributed by atoms with Gasteiger partial charge in [-0.1, -0.05) is 50.2 Å². The third-order valence-electron chi connectivity index (χ3n) is 5.22. The van der Waals surface area contributed by atoms with Crippen LogP contribution in [0.15, 0.2) is 60.7 Å². The molecule has 0 aliphatic carbocycles. The molecule has 0 aliphatic heterocycles. The Morgan fingerprint density at radius 3 is 2.62 bits per heavy atom. The van der Waals surface area contributed by atoms with Crippen molar-refractivity contribution in [2.24, 2.45) is 5.92 Å². The zero-order valence-corrected chi connectivity index (χ0v) is 16.5. The predicted molar refractivity (Wildman–Crippen MR) is 116 cm³/mol. The number of carbonyl (C=O) groups excluding carboxylic acids is 1. The van der Waals surface area contributed by atoms with Gasteiger partial charge in [0, 0.05) is 17.7 Å². The van der Waals surface area contributed by atoms with E-state index in [0.29, 0.717) is 17.8 Å². The molecule has 5 heteroatoms. The fraction of sp³-hybridized carbons (Fsp3) is 0.208. The van der Waals surface area contributed by atoms with Crippen LogP contribution in [0, 0.1) is 5.92 Å². The molecule has 0 fully saturated rings. The van der Waals surface area contributed by atoms with E-state index in [2.05, 4.69) is 5.32 Å². The summed E-state index contributed by atoms with van der Waals surface area (Å²) < 4.78 is 0. The van der Waals surface area contributed by atoms with E-state index in [-0.39, 0.29) is 17.6 Å². The fourth-order valence-corrected chi connectivity index (χ4v) is 3.31. The molecule has 1 heterocycles. The largest absolute Gasteiger partial charge is 0.508 e. The van der Waals surface area contributed by atoms with Gasteiger partial charge in [-0.25, -0.2) is 9.97 Å².